The lowest BCUT2D eigenvalue weighted by Crippen LogP contribution is -2.34. The van der Waals surface area contributed by atoms with Crippen LogP contribution in [0.25, 0.3) is 0 Å². The molecule has 1 heterocycles. The highest BCUT2D eigenvalue weighted by molar-refractivity contribution is 5.90. The lowest BCUT2D eigenvalue weighted by Gasteiger charge is -2.26. The quantitative estimate of drug-likeness (QED) is 0.720. The molecule has 1 aromatic rings. The van der Waals surface area contributed by atoms with E-state index in [1.54, 1.807) is 18.2 Å². The standard InChI is InChI=1S/C11H13NO4/c1-15-11(14)7-2-3-9-10(4-7)16-6-8(5-13)12-9/h2-4,8,12-13H,5-6H2,1H3. The second kappa shape index (κ2) is 4.40. The van der Waals surface area contributed by atoms with Crippen LogP contribution >= 0.6 is 0 Å². The van der Waals surface area contributed by atoms with E-state index in [0.717, 1.165) is 5.69 Å². The molecule has 5 heteroatoms. The highest BCUT2D eigenvalue weighted by atomic mass is 16.5. The molecule has 0 fully saturated rings. The van der Waals surface area contributed by atoms with Crippen molar-refractivity contribution < 1.29 is 19.4 Å². The number of ether oxygens (including phenoxy) is 2. The molecule has 5 nitrogen and oxygen atoms in total. The summed E-state index contributed by atoms with van der Waals surface area (Å²) in [7, 11) is 1.34. The van der Waals surface area contributed by atoms with Gasteiger partial charge in [0.2, 0.25) is 0 Å². The van der Waals surface area contributed by atoms with Gasteiger partial charge in [-0.05, 0) is 18.2 Å². The molecule has 0 aromatic heterocycles. The Balaban J connectivity index is 2.24. The maximum Gasteiger partial charge on any atom is 0.337 e. The molecule has 86 valence electrons. The average Bonchev–Trinajstić information content (AvgIpc) is 2.36. The van der Waals surface area contributed by atoms with E-state index >= 15 is 0 Å². The maximum absolute atomic E-state index is 11.3. The van der Waals surface area contributed by atoms with Gasteiger partial charge in [0.25, 0.3) is 0 Å². The van der Waals surface area contributed by atoms with E-state index in [9.17, 15) is 4.79 Å². The molecule has 0 saturated carbocycles. The molecule has 1 aliphatic rings. The van der Waals surface area contributed by atoms with E-state index in [1.165, 1.54) is 7.11 Å². The van der Waals surface area contributed by atoms with E-state index in [1.807, 2.05) is 0 Å². The summed E-state index contributed by atoms with van der Waals surface area (Å²) in [5.41, 5.74) is 1.23. The van der Waals surface area contributed by atoms with Crippen LogP contribution in [0.1, 0.15) is 10.4 Å². The molecule has 0 bridgehead atoms. The van der Waals surface area contributed by atoms with Gasteiger partial charge in [0.05, 0.1) is 31.0 Å². The van der Waals surface area contributed by atoms with Gasteiger partial charge in [0, 0.05) is 0 Å². The number of benzene rings is 1. The first-order chi connectivity index (χ1) is 7.74. The Labute approximate surface area is 93.0 Å². The Morgan fingerprint density at radius 2 is 2.50 bits per heavy atom. The number of hydrogen-bond donors (Lipinski definition) is 2. The van der Waals surface area contributed by atoms with Crippen molar-refractivity contribution in [1.29, 1.82) is 0 Å². The third kappa shape index (κ3) is 1.94. The van der Waals surface area contributed by atoms with Crippen LogP contribution in [-0.4, -0.2) is 37.4 Å². The summed E-state index contributed by atoms with van der Waals surface area (Å²) < 4.78 is 10.0. The maximum atomic E-state index is 11.3. The van der Waals surface area contributed by atoms with E-state index in [2.05, 4.69) is 10.1 Å². The molecule has 0 saturated heterocycles. The number of nitrogens with one attached hydrogen (secondary N) is 1. The normalized spacial score (nSPS) is 18.0. The van der Waals surface area contributed by atoms with Crippen molar-refractivity contribution in [2.24, 2.45) is 0 Å². The van der Waals surface area contributed by atoms with Gasteiger partial charge in [0.15, 0.2) is 0 Å². The zero-order valence-corrected chi connectivity index (χ0v) is 8.90. The van der Waals surface area contributed by atoms with E-state index in [0.29, 0.717) is 17.9 Å². The summed E-state index contributed by atoms with van der Waals surface area (Å²) in [5, 5.41) is 12.1. The van der Waals surface area contributed by atoms with E-state index in [4.69, 9.17) is 9.84 Å². The van der Waals surface area contributed by atoms with Crippen LogP contribution in [0.4, 0.5) is 5.69 Å². The molecule has 1 atom stereocenters. The molecule has 0 spiro atoms. The first-order valence-corrected chi connectivity index (χ1v) is 4.97. The first-order valence-electron chi connectivity index (χ1n) is 4.97. The van der Waals surface area contributed by atoms with Gasteiger partial charge in [-0.15, -0.1) is 0 Å². The zero-order chi connectivity index (χ0) is 11.5. The Morgan fingerprint density at radius 1 is 1.69 bits per heavy atom. The fraction of sp³-hybridized carbons (Fsp3) is 0.364. The highest BCUT2D eigenvalue weighted by Gasteiger charge is 2.19. The molecular weight excluding hydrogens is 210 g/mol. The molecule has 0 radical (unpaired) electrons. The lowest BCUT2D eigenvalue weighted by atomic mass is 10.1. The van der Waals surface area contributed by atoms with Crippen LogP contribution in [0.3, 0.4) is 0 Å². The van der Waals surface area contributed by atoms with Crippen molar-refractivity contribution in [1.82, 2.24) is 0 Å². The number of aliphatic hydroxyl groups is 1. The molecule has 1 aliphatic heterocycles. The van der Waals surface area contributed by atoms with Gasteiger partial charge >= 0.3 is 5.97 Å². The monoisotopic (exact) mass is 223 g/mol. The molecule has 2 rings (SSSR count). The summed E-state index contributed by atoms with van der Waals surface area (Å²) >= 11 is 0. The number of aliphatic hydroxyl groups excluding tert-OH is 1. The topological polar surface area (TPSA) is 67.8 Å². The predicted octanol–water partition coefficient (Wildman–Crippen LogP) is 0.638. The van der Waals surface area contributed by atoms with Gasteiger partial charge < -0.3 is 19.9 Å². The van der Waals surface area contributed by atoms with Crippen molar-refractivity contribution in [2.45, 2.75) is 6.04 Å². The number of rotatable bonds is 2. The van der Waals surface area contributed by atoms with Gasteiger partial charge in [-0.3, -0.25) is 0 Å². The van der Waals surface area contributed by atoms with Gasteiger partial charge in [-0.1, -0.05) is 0 Å². The van der Waals surface area contributed by atoms with E-state index in [-0.39, 0.29) is 12.6 Å². The minimum atomic E-state index is -0.393. The van der Waals surface area contributed by atoms with Crippen LogP contribution < -0.4 is 10.1 Å². The SMILES string of the molecule is COC(=O)c1ccc2c(c1)OCC(CO)N2. The molecule has 0 amide bonds. The summed E-state index contributed by atoms with van der Waals surface area (Å²) in [4.78, 5) is 11.3. The minimum Gasteiger partial charge on any atom is -0.489 e. The largest absolute Gasteiger partial charge is 0.489 e. The van der Waals surface area contributed by atoms with Crippen molar-refractivity contribution in [3.63, 3.8) is 0 Å². The fourth-order valence-corrected chi connectivity index (χ4v) is 1.56. The second-order valence-corrected chi connectivity index (χ2v) is 3.54. The minimum absolute atomic E-state index is 0.0121. The summed E-state index contributed by atoms with van der Waals surface area (Å²) in [5.74, 6) is 0.211. The smallest absolute Gasteiger partial charge is 0.337 e. The number of anilines is 1. The van der Waals surface area contributed by atoms with Crippen molar-refractivity contribution in [3.05, 3.63) is 23.8 Å². The molecule has 16 heavy (non-hydrogen) atoms. The number of hydrogen-bond acceptors (Lipinski definition) is 5. The van der Waals surface area contributed by atoms with Gasteiger partial charge in [-0.25, -0.2) is 4.79 Å². The van der Waals surface area contributed by atoms with Crippen molar-refractivity contribution in [2.75, 3.05) is 25.6 Å². The Morgan fingerprint density at radius 3 is 3.19 bits per heavy atom. The third-order valence-electron chi connectivity index (χ3n) is 2.42. The summed E-state index contributed by atoms with van der Waals surface area (Å²) in [6.45, 7) is 0.395. The predicted molar refractivity (Wildman–Crippen MR) is 57.8 cm³/mol. The van der Waals surface area contributed by atoms with Crippen LogP contribution in [-0.2, 0) is 4.74 Å². The fourth-order valence-electron chi connectivity index (χ4n) is 1.56. The number of carbonyl (C=O) groups excluding carboxylic acids is 1. The van der Waals surface area contributed by atoms with Gasteiger partial charge in [-0.2, -0.15) is 0 Å². The Kier molecular flexibility index (Phi) is 2.96. The molecule has 2 N–H and O–H groups in total. The van der Waals surface area contributed by atoms with Gasteiger partial charge in [0.1, 0.15) is 12.4 Å². The molecule has 1 aromatic carbocycles. The third-order valence-corrected chi connectivity index (χ3v) is 2.42. The first kappa shape index (κ1) is 10.8. The number of methoxy groups -OCH3 is 1. The zero-order valence-electron chi connectivity index (χ0n) is 8.90. The number of esters is 1. The van der Waals surface area contributed by atoms with Crippen LogP contribution in [0.2, 0.25) is 0 Å². The Hall–Kier alpha value is -1.75. The van der Waals surface area contributed by atoms with Crippen molar-refractivity contribution in [3.8, 4) is 5.75 Å². The lowest BCUT2D eigenvalue weighted by molar-refractivity contribution is 0.0600. The number of carbonyl (C=O) groups is 1. The van der Waals surface area contributed by atoms with E-state index < -0.39 is 5.97 Å². The average molecular weight is 223 g/mol. The molecule has 0 aliphatic carbocycles. The summed E-state index contributed by atoms with van der Waals surface area (Å²) in [6, 6.07) is 4.92. The van der Waals surface area contributed by atoms with Crippen LogP contribution in [0, 0.1) is 0 Å². The van der Waals surface area contributed by atoms with Crippen molar-refractivity contribution >= 4 is 11.7 Å². The van der Waals surface area contributed by atoms with Crippen LogP contribution in [0.15, 0.2) is 18.2 Å². The summed E-state index contributed by atoms with van der Waals surface area (Å²) in [6.07, 6.45) is 0. The second-order valence-electron chi connectivity index (χ2n) is 3.54. The highest BCUT2D eigenvalue weighted by Crippen LogP contribution is 2.29. The molecular formula is C11H13NO4. The molecule has 1 unspecified atom stereocenters. The number of fused-ring (bicyclic) bond motifs is 1. The Bertz CT molecular complexity index is 405. The van der Waals surface area contributed by atoms with Crippen LogP contribution in [0.5, 0.6) is 5.75 Å².